The van der Waals surface area contributed by atoms with Crippen LogP contribution < -0.4 is 9.47 Å². The zero-order valence-electron chi connectivity index (χ0n) is 18.3. The van der Waals surface area contributed by atoms with Crippen molar-refractivity contribution >= 4 is 62.2 Å². The molecule has 174 valence electrons. The van der Waals surface area contributed by atoms with Crippen molar-refractivity contribution in [2.75, 3.05) is 20.3 Å². The fourth-order valence-corrected chi connectivity index (χ4v) is 4.81. The van der Waals surface area contributed by atoms with Crippen LogP contribution in [0.25, 0.3) is 6.08 Å². The van der Waals surface area contributed by atoms with Crippen LogP contribution in [0.15, 0.2) is 51.8 Å². The van der Waals surface area contributed by atoms with Crippen molar-refractivity contribution < 1.29 is 23.8 Å². The normalized spacial score (nSPS) is 14.6. The maximum atomic E-state index is 12.8. The minimum atomic E-state index is -0.467. The number of hydrogen-bond acceptors (Lipinski definition) is 7. The molecule has 1 amide bonds. The van der Waals surface area contributed by atoms with Crippen LogP contribution >= 0.6 is 39.9 Å². The number of rotatable bonds is 10. The Bertz CT molecular complexity index is 1060. The predicted octanol–water partition coefficient (Wildman–Crippen LogP) is 5.58. The number of nitrogens with zero attached hydrogens (tertiary/aromatic N) is 1. The Hall–Kier alpha value is -2.36. The lowest BCUT2D eigenvalue weighted by Crippen LogP contribution is -2.34. The van der Waals surface area contributed by atoms with Crippen LogP contribution in [0, 0.1) is 0 Å². The lowest BCUT2D eigenvalue weighted by Gasteiger charge is -2.14. The molecular formula is C24H24BrNO5S2. The number of thiocarbonyl (C=S) groups is 1. The maximum absolute atomic E-state index is 12.8. The summed E-state index contributed by atoms with van der Waals surface area (Å²) in [5.41, 5.74) is 1.77. The number of amides is 1. The molecule has 6 nitrogen and oxygen atoms in total. The van der Waals surface area contributed by atoms with E-state index in [1.807, 2.05) is 43.3 Å². The van der Waals surface area contributed by atoms with Gasteiger partial charge in [-0.15, -0.1) is 0 Å². The van der Waals surface area contributed by atoms with Crippen LogP contribution in [-0.2, 0) is 20.9 Å². The average molecular weight is 550 g/mol. The molecule has 0 radical (unpaired) electrons. The second-order valence-corrected chi connectivity index (χ2v) is 9.68. The molecule has 0 bridgehead atoms. The molecule has 1 aliphatic rings. The van der Waals surface area contributed by atoms with Gasteiger partial charge in [-0.1, -0.05) is 67.7 Å². The van der Waals surface area contributed by atoms with Crippen LogP contribution in [0.4, 0.5) is 0 Å². The van der Waals surface area contributed by atoms with Gasteiger partial charge in [-0.3, -0.25) is 14.5 Å². The van der Waals surface area contributed by atoms with Crippen molar-refractivity contribution in [3.05, 3.63) is 63.0 Å². The number of methoxy groups -OCH3 is 1. The first-order chi connectivity index (χ1) is 15.9. The summed E-state index contributed by atoms with van der Waals surface area (Å²) >= 11 is 10.00. The highest BCUT2D eigenvalue weighted by Gasteiger charge is 2.34. The predicted molar refractivity (Wildman–Crippen MR) is 137 cm³/mol. The Morgan fingerprint density at radius 2 is 2.00 bits per heavy atom. The number of carbonyl (C=O) groups excluding carboxylic acids is 2. The molecular weight excluding hydrogens is 526 g/mol. The lowest BCUT2D eigenvalue weighted by molar-refractivity contribution is -0.146. The number of hydrogen-bond donors (Lipinski definition) is 0. The Morgan fingerprint density at radius 3 is 2.70 bits per heavy atom. The van der Waals surface area contributed by atoms with Crippen molar-refractivity contribution in [2.45, 2.75) is 26.4 Å². The zero-order valence-corrected chi connectivity index (χ0v) is 21.6. The van der Waals surface area contributed by atoms with E-state index < -0.39 is 5.97 Å². The van der Waals surface area contributed by atoms with Crippen molar-refractivity contribution in [3.63, 3.8) is 0 Å². The minimum Gasteiger partial charge on any atom is -0.493 e. The van der Waals surface area contributed by atoms with Gasteiger partial charge < -0.3 is 14.2 Å². The fourth-order valence-electron chi connectivity index (χ4n) is 2.99. The second kappa shape index (κ2) is 12.2. The number of benzene rings is 2. The van der Waals surface area contributed by atoms with E-state index in [1.54, 1.807) is 19.3 Å². The van der Waals surface area contributed by atoms with E-state index in [-0.39, 0.29) is 12.5 Å². The Morgan fingerprint density at radius 1 is 1.24 bits per heavy atom. The van der Waals surface area contributed by atoms with Gasteiger partial charge in [-0.05, 0) is 51.7 Å². The number of unbranched alkanes of at least 4 members (excludes halogenated alkanes) is 1. The van der Waals surface area contributed by atoms with E-state index >= 15 is 0 Å². The first-order valence-corrected chi connectivity index (χ1v) is 12.4. The molecule has 0 aliphatic carbocycles. The summed E-state index contributed by atoms with van der Waals surface area (Å²) in [5.74, 6) is 0.310. The number of thioether (sulfide) groups is 1. The standard InChI is InChI=1S/C24H24BrNO5S2/c1-3-4-10-30-21(27)14-26-23(28)20(33-24(26)32)13-17-11-18(25)22(19(12-17)29-2)31-15-16-8-6-5-7-9-16/h5-9,11-13H,3-4,10,14-15H2,1-2H3/b20-13-. The van der Waals surface area contributed by atoms with Gasteiger partial charge >= 0.3 is 5.97 Å². The van der Waals surface area contributed by atoms with E-state index in [0.717, 1.165) is 35.7 Å². The molecule has 1 saturated heterocycles. The number of carbonyl (C=O) groups is 2. The number of ether oxygens (including phenoxy) is 3. The third-order valence-electron chi connectivity index (χ3n) is 4.70. The topological polar surface area (TPSA) is 65.1 Å². The summed E-state index contributed by atoms with van der Waals surface area (Å²) in [6.45, 7) is 2.55. The molecule has 0 unspecified atom stereocenters. The average Bonchev–Trinajstić information content (AvgIpc) is 3.06. The molecule has 1 heterocycles. The molecule has 0 aromatic heterocycles. The van der Waals surface area contributed by atoms with Gasteiger partial charge in [0.1, 0.15) is 17.5 Å². The van der Waals surface area contributed by atoms with Gasteiger partial charge in [-0.25, -0.2) is 0 Å². The lowest BCUT2D eigenvalue weighted by atomic mass is 10.1. The zero-order chi connectivity index (χ0) is 23.8. The molecule has 0 spiro atoms. The van der Waals surface area contributed by atoms with Crippen LogP contribution in [0.2, 0.25) is 0 Å². The minimum absolute atomic E-state index is 0.189. The van der Waals surface area contributed by atoms with Crippen molar-refractivity contribution in [1.82, 2.24) is 4.90 Å². The highest BCUT2D eigenvalue weighted by Crippen LogP contribution is 2.39. The van der Waals surface area contributed by atoms with Gasteiger partial charge in [0.25, 0.3) is 5.91 Å². The number of halogens is 1. The molecule has 33 heavy (non-hydrogen) atoms. The summed E-state index contributed by atoms with van der Waals surface area (Å²) in [5, 5.41) is 0. The van der Waals surface area contributed by atoms with Gasteiger partial charge in [0.2, 0.25) is 0 Å². The molecule has 2 aromatic carbocycles. The van der Waals surface area contributed by atoms with Crippen molar-refractivity contribution in [1.29, 1.82) is 0 Å². The maximum Gasteiger partial charge on any atom is 0.326 e. The molecule has 1 fully saturated rings. The Balaban J connectivity index is 1.73. The van der Waals surface area contributed by atoms with Crippen molar-refractivity contribution in [2.24, 2.45) is 0 Å². The van der Waals surface area contributed by atoms with Crippen LogP contribution in [0.3, 0.4) is 0 Å². The SMILES string of the molecule is CCCCOC(=O)CN1C(=O)/C(=C/c2cc(Br)c(OCc3ccccc3)c(OC)c2)SC1=S. The van der Waals surface area contributed by atoms with Crippen molar-refractivity contribution in [3.8, 4) is 11.5 Å². The van der Waals surface area contributed by atoms with Gasteiger partial charge in [0.15, 0.2) is 11.5 Å². The molecule has 1 aliphatic heterocycles. The van der Waals surface area contributed by atoms with E-state index in [0.29, 0.717) is 38.4 Å². The van der Waals surface area contributed by atoms with Crippen LogP contribution in [-0.4, -0.2) is 41.4 Å². The van der Waals surface area contributed by atoms with Crippen LogP contribution in [0.1, 0.15) is 30.9 Å². The van der Waals surface area contributed by atoms with Crippen LogP contribution in [0.5, 0.6) is 11.5 Å². The molecule has 2 aromatic rings. The largest absolute Gasteiger partial charge is 0.493 e. The monoisotopic (exact) mass is 549 g/mol. The van der Waals surface area contributed by atoms with Gasteiger partial charge in [0, 0.05) is 0 Å². The Labute approximate surface area is 211 Å². The third-order valence-corrected chi connectivity index (χ3v) is 6.66. The van der Waals surface area contributed by atoms with E-state index in [4.69, 9.17) is 26.4 Å². The van der Waals surface area contributed by atoms with Gasteiger partial charge in [0.05, 0.1) is 23.1 Å². The number of esters is 1. The molecule has 3 rings (SSSR count). The van der Waals surface area contributed by atoms with E-state index in [2.05, 4.69) is 15.9 Å². The van der Waals surface area contributed by atoms with E-state index in [9.17, 15) is 9.59 Å². The fraction of sp³-hybridized carbons (Fsp3) is 0.292. The van der Waals surface area contributed by atoms with E-state index in [1.165, 1.54) is 4.90 Å². The van der Waals surface area contributed by atoms with Gasteiger partial charge in [-0.2, -0.15) is 0 Å². The highest BCUT2D eigenvalue weighted by atomic mass is 79.9. The highest BCUT2D eigenvalue weighted by molar-refractivity contribution is 9.10. The molecule has 0 N–H and O–H groups in total. The molecule has 0 atom stereocenters. The summed E-state index contributed by atoms with van der Waals surface area (Å²) in [4.78, 5) is 26.5. The smallest absolute Gasteiger partial charge is 0.326 e. The summed E-state index contributed by atoms with van der Waals surface area (Å²) in [6, 6.07) is 13.5. The summed E-state index contributed by atoms with van der Waals surface area (Å²) in [7, 11) is 1.56. The third kappa shape index (κ3) is 6.82. The first kappa shape index (κ1) is 25.3. The summed E-state index contributed by atoms with van der Waals surface area (Å²) in [6.07, 6.45) is 3.42. The summed E-state index contributed by atoms with van der Waals surface area (Å²) < 4.78 is 17.6. The quantitative estimate of drug-likeness (QED) is 0.166. The molecule has 9 heteroatoms. The second-order valence-electron chi connectivity index (χ2n) is 7.15. The first-order valence-electron chi connectivity index (χ1n) is 10.4. The molecule has 0 saturated carbocycles. The Kier molecular flexibility index (Phi) is 9.34.